The summed E-state index contributed by atoms with van der Waals surface area (Å²) in [5.41, 5.74) is 3.88. The van der Waals surface area contributed by atoms with E-state index in [0.29, 0.717) is 31.3 Å². The molecule has 6 heteroatoms. The second-order valence-corrected chi connectivity index (χ2v) is 7.97. The Morgan fingerprint density at radius 3 is 2.53 bits per heavy atom. The van der Waals surface area contributed by atoms with Gasteiger partial charge in [0.1, 0.15) is 5.75 Å². The molecule has 1 aromatic heterocycles. The maximum atomic E-state index is 12.8. The topological polar surface area (TPSA) is 56.8 Å². The van der Waals surface area contributed by atoms with Crippen molar-refractivity contribution in [1.29, 1.82) is 0 Å². The Labute approximate surface area is 181 Å². The molecule has 0 bridgehead atoms. The third kappa shape index (κ3) is 5.92. The molecule has 3 rings (SSSR count). The highest BCUT2D eigenvalue weighted by molar-refractivity contribution is 7.14. The molecule has 0 radical (unpaired) electrons. The van der Waals surface area contributed by atoms with Crippen LogP contribution in [0.15, 0.2) is 54.6 Å². The highest BCUT2D eigenvalue weighted by Crippen LogP contribution is 2.32. The Morgan fingerprint density at radius 1 is 1.03 bits per heavy atom. The number of carbonyl (C=O) groups is 1. The summed E-state index contributed by atoms with van der Waals surface area (Å²) in [7, 11) is 1.65. The highest BCUT2D eigenvalue weighted by Gasteiger charge is 2.14. The average molecular weight is 426 g/mol. The third-order valence-electron chi connectivity index (χ3n) is 4.57. The van der Waals surface area contributed by atoms with Crippen LogP contribution in [0.5, 0.6) is 5.75 Å². The highest BCUT2D eigenvalue weighted by atomic mass is 32.1. The molecule has 0 atom stereocenters. The Bertz CT molecular complexity index is 966. The van der Waals surface area contributed by atoms with Crippen LogP contribution in [-0.4, -0.2) is 32.8 Å². The van der Waals surface area contributed by atoms with E-state index < -0.39 is 0 Å². The summed E-state index contributed by atoms with van der Waals surface area (Å²) in [5, 5.41) is 2.99. The Kier molecular flexibility index (Phi) is 8.02. The maximum absolute atomic E-state index is 12.8. The first-order chi connectivity index (χ1) is 14.6. The van der Waals surface area contributed by atoms with E-state index in [1.165, 1.54) is 11.3 Å². The van der Waals surface area contributed by atoms with Gasteiger partial charge in [0, 0.05) is 17.2 Å². The first-order valence-electron chi connectivity index (χ1n) is 9.91. The lowest BCUT2D eigenvalue weighted by molar-refractivity contribution is 0.0453. The van der Waals surface area contributed by atoms with Crippen LogP contribution < -0.4 is 10.1 Å². The summed E-state index contributed by atoms with van der Waals surface area (Å²) < 4.78 is 16.1. The third-order valence-corrected chi connectivity index (χ3v) is 5.62. The zero-order chi connectivity index (χ0) is 21.3. The number of hydrogen-bond acceptors (Lipinski definition) is 5. The molecular formula is C24H27NO4S. The zero-order valence-corrected chi connectivity index (χ0v) is 18.4. The predicted molar refractivity (Wildman–Crippen MR) is 122 cm³/mol. The number of rotatable bonds is 10. The van der Waals surface area contributed by atoms with Crippen molar-refractivity contribution < 1.29 is 19.0 Å². The van der Waals surface area contributed by atoms with E-state index in [2.05, 4.69) is 5.32 Å². The van der Waals surface area contributed by atoms with E-state index >= 15 is 0 Å². The maximum Gasteiger partial charge on any atom is 0.265 e. The first-order valence-corrected chi connectivity index (χ1v) is 10.7. The largest absolute Gasteiger partial charge is 0.497 e. The smallest absolute Gasteiger partial charge is 0.265 e. The lowest BCUT2D eigenvalue weighted by Crippen LogP contribution is -2.10. The van der Waals surface area contributed by atoms with E-state index in [0.717, 1.165) is 33.0 Å². The summed E-state index contributed by atoms with van der Waals surface area (Å²) in [4.78, 5) is 14.6. The number of carbonyl (C=O) groups excluding carboxylic acids is 1. The summed E-state index contributed by atoms with van der Waals surface area (Å²) in [6, 6.07) is 17.5. The van der Waals surface area contributed by atoms with Gasteiger partial charge in [0.25, 0.3) is 5.91 Å². The quantitative estimate of drug-likeness (QED) is 0.434. The molecule has 5 nitrogen and oxygen atoms in total. The van der Waals surface area contributed by atoms with Crippen LogP contribution in [0, 0.1) is 6.92 Å². The molecular weight excluding hydrogens is 398 g/mol. The number of hydrogen-bond donors (Lipinski definition) is 1. The van der Waals surface area contributed by atoms with Crippen molar-refractivity contribution in [2.75, 3.05) is 32.2 Å². The van der Waals surface area contributed by atoms with Crippen LogP contribution in [-0.2, 0) is 16.1 Å². The van der Waals surface area contributed by atoms with Gasteiger partial charge < -0.3 is 19.5 Å². The number of aryl methyl sites for hydroxylation is 1. The molecule has 0 saturated heterocycles. The molecule has 3 aromatic rings. The van der Waals surface area contributed by atoms with Crippen molar-refractivity contribution in [3.8, 4) is 16.9 Å². The zero-order valence-electron chi connectivity index (χ0n) is 17.6. The first kappa shape index (κ1) is 22.0. The fourth-order valence-electron chi connectivity index (χ4n) is 3.03. The minimum atomic E-state index is -0.114. The normalized spacial score (nSPS) is 10.8. The summed E-state index contributed by atoms with van der Waals surface area (Å²) >= 11 is 1.49. The van der Waals surface area contributed by atoms with Gasteiger partial charge in [-0.25, -0.2) is 0 Å². The molecule has 1 N–H and O–H groups in total. The lowest BCUT2D eigenvalue weighted by atomic mass is 10.1. The summed E-state index contributed by atoms with van der Waals surface area (Å²) in [6.07, 6.45) is 0. The lowest BCUT2D eigenvalue weighted by Gasteiger charge is -2.08. The summed E-state index contributed by atoms with van der Waals surface area (Å²) in [6.45, 7) is 6.29. The van der Waals surface area contributed by atoms with Crippen molar-refractivity contribution in [2.45, 2.75) is 20.5 Å². The monoisotopic (exact) mass is 425 g/mol. The minimum absolute atomic E-state index is 0.114. The van der Waals surface area contributed by atoms with E-state index in [9.17, 15) is 4.79 Å². The molecule has 0 aliphatic rings. The number of anilines is 1. The van der Waals surface area contributed by atoms with Gasteiger partial charge in [-0.1, -0.05) is 24.3 Å². The van der Waals surface area contributed by atoms with Crippen LogP contribution in [0.4, 0.5) is 5.69 Å². The Hall–Kier alpha value is -2.67. The molecule has 158 valence electrons. The van der Waals surface area contributed by atoms with Gasteiger partial charge in [-0.05, 0) is 60.9 Å². The van der Waals surface area contributed by atoms with Crippen molar-refractivity contribution in [3.63, 3.8) is 0 Å². The van der Waals surface area contributed by atoms with Crippen LogP contribution in [0.25, 0.3) is 11.1 Å². The van der Waals surface area contributed by atoms with Gasteiger partial charge in [0.2, 0.25) is 0 Å². The Balaban J connectivity index is 1.64. The van der Waals surface area contributed by atoms with Gasteiger partial charge >= 0.3 is 0 Å². The van der Waals surface area contributed by atoms with E-state index in [4.69, 9.17) is 14.2 Å². The molecule has 1 amide bonds. The van der Waals surface area contributed by atoms with E-state index in [-0.39, 0.29) is 5.91 Å². The number of thiophene rings is 1. The SMILES string of the molecule is CCOCCOCc1cccc(NC(=O)c2cc(-c3ccc(OC)cc3)c(C)s2)c1. The number of amides is 1. The van der Waals surface area contributed by atoms with E-state index in [1.807, 2.05) is 68.4 Å². The second kappa shape index (κ2) is 10.9. The molecule has 1 heterocycles. The standard InChI is InChI=1S/C24H27NO4S/c1-4-28-12-13-29-16-18-6-5-7-20(14-18)25-24(26)23-15-22(17(2)30-23)19-8-10-21(27-3)11-9-19/h5-11,14-15H,4,12-13,16H2,1-3H3,(H,25,26). The van der Waals surface area contributed by atoms with Gasteiger partial charge in [-0.15, -0.1) is 11.3 Å². The van der Waals surface area contributed by atoms with Crippen LogP contribution >= 0.6 is 11.3 Å². The molecule has 2 aromatic carbocycles. The fraction of sp³-hybridized carbons (Fsp3) is 0.292. The van der Waals surface area contributed by atoms with Crippen molar-refractivity contribution in [3.05, 3.63) is 69.9 Å². The average Bonchev–Trinajstić information content (AvgIpc) is 3.16. The van der Waals surface area contributed by atoms with Crippen LogP contribution in [0.3, 0.4) is 0 Å². The molecule has 0 saturated carbocycles. The number of ether oxygens (including phenoxy) is 3. The van der Waals surface area contributed by atoms with Crippen molar-refractivity contribution >= 4 is 22.9 Å². The van der Waals surface area contributed by atoms with Gasteiger partial charge in [-0.3, -0.25) is 4.79 Å². The second-order valence-electron chi connectivity index (χ2n) is 6.71. The molecule has 30 heavy (non-hydrogen) atoms. The van der Waals surface area contributed by atoms with Crippen molar-refractivity contribution in [1.82, 2.24) is 0 Å². The molecule has 0 aliphatic carbocycles. The van der Waals surface area contributed by atoms with Gasteiger partial charge in [0.15, 0.2) is 0 Å². The van der Waals surface area contributed by atoms with Gasteiger partial charge in [0.05, 0.1) is 31.8 Å². The number of methoxy groups -OCH3 is 1. The molecule has 0 fully saturated rings. The fourth-order valence-corrected chi connectivity index (χ4v) is 3.97. The predicted octanol–water partition coefficient (Wildman–Crippen LogP) is 5.54. The number of benzene rings is 2. The minimum Gasteiger partial charge on any atom is -0.497 e. The Morgan fingerprint density at radius 2 is 1.80 bits per heavy atom. The van der Waals surface area contributed by atoms with Gasteiger partial charge in [-0.2, -0.15) is 0 Å². The summed E-state index contributed by atoms with van der Waals surface area (Å²) in [5.74, 6) is 0.698. The number of nitrogens with one attached hydrogen (secondary N) is 1. The van der Waals surface area contributed by atoms with Crippen LogP contribution in [0.1, 0.15) is 27.0 Å². The molecule has 0 aliphatic heterocycles. The van der Waals surface area contributed by atoms with Crippen LogP contribution in [0.2, 0.25) is 0 Å². The van der Waals surface area contributed by atoms with Crippen molar-refractivity contribution in [2.24, 2.45) is 0 Å². The molecule has 0 spiro atoms. The van der Waals surface area contributed by atoms with E-state index in [1.54, 1.807) is 7.11 Å². The molecule has 0 unspecified atom stereocenters.